The molecule has 2 rings (SSSR count). The summed E-state index contributed by atoms with van der Waals surface area (Å²) in [6.07, 6.45) is 0. The van der Waals surface area contributed by atoms with E-state index in [0.717, 1.165) is 11.3 Å². The van der Waals surface area contributed by atoms with Crippen molar-refractivity contribution >= 4 is 10.0 Å². The molecular formula is C18H20N2O3S. The van der Waals surface area contributed by atoms with Crippen molar-refractivity contribution < 1.29 is 13.2 Å². The van der Waals surface area contributed by atoms with E-state index >= 15 is 0 Å². The Balaban J connectivity index is 2.03. The van der Waals surface area contributed by atoms with Gasteiger partial charge >= 0.3 is 0 Å². The van der Waals surface area contributed by atoms with E-state index in [0.29, 0.717) is 12.5 Å². The van der Waals surface area contributed by atoms with Crippen molar-refractivity contribution in [2.45, 2.75) is 25.3 Å². The number of ether oxygens (including phenoxy) is 1. The lowest BCUT2D eigenvalue weighted by Gasteiger charge is -2.10. The summed E-state index contributed by atoms with van der Waals surface area (Å²) < 4.78 is 32.8. The predicted octanol–water partition coefficient (Wildman–Crippen LogP) is 3.07. The van der Waals surface area contributed by atoms with Gasteiger partial charge in [-0.15, -0.1) is 0 Å². The molecule has 2 aromatic carbocycles. The predicted molar refractivity (Wildman–Crippen MR) is 92.0 cm³/mol. The maximum atomic E-state index is 12.3. The summed E-state index contributed by atoms with van der Waals surface area (Å²) in [6, 6.07) is 15.3. The number of sulfonamides is 1. The van der Waals surface area contributed by atoms with E-state index in [9.17, 15) is 8.42 Å². The Bertz CT molecular complexity index is 822. The Morgan fingerprint density at radius 1 is 1.12 bits per heavy atom. The first-order valence-corrected chi connectivity index (χ1v) is 9.11. The average molecular weight is 344 g/mol. The van der Waals surface area contributed by atoms with Crippen LogP contribution in [0.1, 0.15) is 25.0 Å². The van der Waals surface area contributed by atoms with Crippen molar-refractivity contribution in [1.29, 1.82) is 5.26 Å². The molecule has 0 fully saturated rings. The average Bonchev–Trinajstić information content (AvgIpc) is 2.59. The van der Waals surface area contributed by atoms with E-state index < -0.39 is 10.0 Å². The minimum absolute atomic E-state index is 0.00983. The van der Waals surface area contributed by atoms with Crippen LogP contribution >= 0.6 is 0 Å². The van der Waals surface area contributed by atoms with Crippen LogP contribution in [0.5, 0.6) is 5.75 Å². The van der Waals surface area contributed by atoms with E-state index in [1.54, 1.807) is 12.1 Å². The molecule has 5 nitrogen and oxygen atoms in total. The van der Waals surface area contributed by atoms with Crippen LogP contribution in [0, 0.1) is 17.2 Å². The molecule has 0 aromatic heterocycles. The first kappa shape index (κ1) is 18.0. The van der Waals surface area contributed by atoms with Crippen molar-refractivity contribution in [3.8, 4) is 11.8 Å². The Morgan fingerprint density at radius 2 is 1.79 bits per heavy atom. The van der Waals surface area contributed by atoms with Gasteiger partial charge in [0.25, 0.3) is 0 Å². The third-order valence-corrected chi connectivity index (χ3v) is 4.73. The van der Waals surface area contributed by atoms with E-state index in [1.807, 2.05) is 30.3 Å². The zero-order valence-electron chi connectivity index (χ0n) is 13.7. The molecule has 0 heterocycles. The van der Waals surface area contributed by atoms with Crippen molar-refractivity contribution in [2.24, 2.45) is 5.92 Å². The van der Waals surface area contributed by atoms with Gasteiger partial charge in [-0.1, -0.05) is 38.1 Å². The second-order valence-corrected chi connectivity index (χ2v) is 7.52. The molecule has 0 radical (unpaired) electrons. The van der Waals surface area contributed by atoms with Gasteiger partial charge in [-0.25, -0.2) is 13.1 Å². The van der Waals surface area contributed by atoms with Crippen LogP contribution in [0.4, 0.5) is 0 Å². The third-order valence-electron chi connectivity index (χ3n) is 3.27. The maximum absolute atomic E-state index is 12.3. The minimum Gasteiger partial charge on any atom is -0.493 e. The number of hydrogen-bond acceptors (Lipinski definition) is 4. The van der Waals surface area contributed by atoms with E-state index in [1.165, 1.54) is 12.1 Å². The summed E-state index contributed by atoms with van der Waals surface area (Å²) in [5.74, 6) is 1.20. The molecule has 0 aliphatic carbocycles. The molecule has 0 atom stereocenters. The van der Waals surface area contributed by atoms with Gasteiger partial charge in [-0.2, -0.15) is 5.26 Å². The zero-order valence-corrected chi connectivity index (χ0v) is 14.5. The van der Waals surface area contributed by atoms with Crippen LogP contribution in [-0.2, 0) is 16.6 Å². The number of hydrogen-bond donors (Lipinski definition) is 1. The molecule has 0 saturated heterocycles. The Kier molecular flexibility index (Phi) is 5.96. The minimum atomic E-state index is -3.74. The molecular weight excluding hydrogens is 324 g/mol. The quantitative estimate of drug-likeness (QED) is 0.837. The molecule has 0 amide bonds. The first-order chi connectivity index (χ1) is 11.4. The summed E-state index contributed by atoms with van der Waals surface area (Å²) in [6.45, 7) is 4.92. The van der Waals surface area contributed by atoms with Crippen molar-refractivity contribution in [1.82, 2.24) is 4.72 Å². The highest BCUT2D eigenvalue weighted by molar-refractivity contribution is 7.89. The number of benzene rings is 2. The summed E-state index contributed by atoms with van der Waals surface area (Å²) in [7, 11) is -3.74. The van der Waals surface area contributed by atoms with Gasteiger partial charge in [0.2, 0.25) is 10.0 Å². The molecule has 0 bridgehead atoms. The molecule has 0 saturated carbocycles. The lowest BCUT2D eigenvalue weighted by molar-refractivity contribution is 0.271. The maximum Gasteiger partial charge on any atom is 0.242 e. The Morgan fingerprint density at radius 3 is 2.42 bits per heavy atom. The largest absolute Gasteiger partial charge is 0.493 e. The fourth-order valence-corrected chi connectivity index (χ4v) is 3.19. The zero-order chi connectivity index (χ0) is 17.6. The molecule has 24 heavy (non-hydrogen) atoms. The summed E-state index contributed by atoms with van der Waals surface area (Å²) in [5.41, 5.74) is 0.937. The fourth-order valence-electron chi connectivity index (χ4n) is 2.02. The van der Waals surface area contributed by atoms with Gasteiger partial charge in [0.1, 0.15) is 11.8 Å². The monoisotopic (exact) mass is 344 g/mol. The standard InChI is InChI=1S/C18H20N2O3S/c1-14(2)13-23-17-9-7-15(8-10-17)12-20-24(21,22)18-6-4-3-5-16(18)11-19/h3-10,14,20H,12-13H2,1-2H3. The third kappa shape index (κ3) is 4.82. The molecule has 0 aliphatic rings. The van der Waals surface area contributed by atoms with Crippen LogP contribution in [0.2, 0.25) is 0 Å². The van der Waals surface area contributed by atoms with Gasteiger partial charge in [-0.05, 0) is 35.7 Å². The Labute approximate surface area is 142 Å². The second kappa shape index (κ2) is 7.95. The number of nitrogens with one attached hydrogen (secondary N) is 1. The number of nitrogens with zero attached hydrogens (tertiary/aromatic N) is 1. The first-order valence-electron chi connectivity index (χ1n) is 7.63. The van der Waals surface area contributed by atoms with Gasteiger partial charge in [0.15, 0.2) is 0 Å². The summed E-state index contributed by atoms with van der Waals surface area (Å²) >= 11 is 0. The summed E-state index contributed by atoms with van der Waals surface area (Å²) in [5, 5.41) is 9.03. The Hall–Kier alpha value is -2.36. The van der Waals surface area contributed by atoms with Gasteiger partial charge in [0, 0.05) is 6.54 Å². The normalized spacial score (nSPS) is 11.2. The topological polar surface area (TPSA) is 79.2 Å². The van der Waals surface area contributed by atoms with E-state index in [2.05, 4.69) is 18.6 Å². The molecule has 126 valence electrons. The highest BCUT2D eigenvalue weighted by atomic mass is 32.2. The number of rotatable bonds is 7. The highest BCUT2D eigenvalue weighted by Crippen LogP contribution is 2.16. The molecule has 0 spiro atoms. The van der Waals surface area contributed by atoms with Crippen LogP contribution < -0.4 is 9.46 Å². The molecule has 2 aromatic rings. The van der Waals surface area contributed by atoms with E-state index in [-0.39, 0.29) is 17.0 Å². The molecule has 0 aliphatic heterocycles. The van der Waals surface area contributed by atoms with Crippen LogP contribution in [-0.4, -0.2) is 15.0 Å². The SMILES string of the molecule is CC(C)COc1ccc(CNS(=O)(=O)c2ccccc2C#N)cc1. The van der Waals surface area contributed by atoms with Crippen molar-refractivity contribution in [3.05, 3.63) is 59.7 Å². The second-order valence-electron chi connectivity index (χ2n) is 5.78. The van der Waals surface area contributed by atoms with Crippen molar-refractivity contribution in [2.75, 3.05) is 6.61 Å². The molecule has 0 unspecified atom stereocenters. The van der Waals surface area contributed by atoms with Gasteiger partial charge in [-0.3, -0.25) is 0 Å². The van der Waals surface area contributed by atoms with E-state index in [4.69, 9.17) is 10.00 Å². The highest BCUT2D eigenvalue weighted by Gasteiger charge is 2.17. The van der Waals surface area contributed by atoms with Crippen LogP contribution in [0.3, 0.4) is 0 Å². The summed E-state index contributed by atoms with van der Waals surface area (Å²) in [4.78, 5) is -0.00983. The number of nitriles is 1. The van der Waals surface area contributed by atoms with Crippen LogP contribution in [0.15, 0.2) is 53.4 Å². The van der Waals surface area contributed by atoms with Gasteiger partial charge in [0.05, 0.1) is 17.1 Å². The van der Waals surface area contributed by atoms with Gasteiger partial charge < -0.3 is 4.74 Å². The molecule has 6 heteroatoms. The van der Waals surface area contributed by atoms with Crippen LogP contribution in [0.25, 0.3) is 0 Å². The lowest BCUT2D eigenvalue weighted by atomic mass is 10.2. The molecule has 1 N–H and O–H groups in total. The smallest absolute Gasteiger partial charge is 0.242 e. The fraction of sp³-hybridized carbons (Fsp3) is 0.278. The van der Waals surface area contributed by atoms with Crippen molar-refractivity contribution in [3.63, 3.8) is 0 Å². The lowest BCUT2D eigenvalue weighted by Crippen LogP contribution is -2.24.